The molecule has 0 aliphatic carbocycles. The molecule has 0 saturated carbocycles. The fourth-order valence-corrected chi connectivity index (χ4v) is 3.07. The smallest absolute Gasteiger partial charge is 0.135 e. The summed E-state index contributed by atoms with van der Waals surface area (Å²) >= 11 is 6.02. The Morgan fingerprint density at radius 2 is 1.64 bits per heavy atom. The molecule has 1 aliphatic rings. The third-order valence-corrected chi connectivity index (χ3v) is 4.37. The predicted octanol–water partition coefficient (Wildman–Crippen LogP) is 2.52. The lowest BCUT2D eigenvalue weighted by molar-refractivity contribution is -0.914. The summed E-state index contributed by atoms with van der Waals surface area (Å²) in [5.41, 5.74) is 1.29. The van der Waals surface area contributed by atoms with Gasteiger partial charge in [-0.1, -0.05) is 23.7 Å². The first-order valence-corrected chi connectivity index (χ1v) is 7.78. The lowest BCUT2D eigenvalue weighted by Crippen LogP contribution is -3.13. The summed E-state index contributed by atoms with van der Waals surface area (Å²) in [7, 11) is 0. The Balaban J connectivity index is 1.62. The number of rotatable bonds is 3. The van der Waals surface area contributed by atoms with Crippen molar-refractivity contribution in [2.75, 3.05) is 31.1 Å². The summed E-state index contributed by atoms with van der Waals surface area (Å²) in [6, 6.07) is 11.8. The molecule has 0 radical (unpaired) electrons. The topological polar surface area (TPSA) is 7.68 Å². The Morgan fingerprint density at radius 3 is 2.27 bits per heavy atom. The molecule has 0 amide bonds. The summed E-state index contributed by atoms with van der Waals surface area (Å²) in [4.78, 5) is 3.45. The van der Waals surface area contributed by atoms with Crippen LogP contribution in [0.2, 0.25) is 5.02 Å². The third-order valence-electron chi connectivity index (χ3n) is 4.13. The molecule has 2 aromatic rings. The van der Waals surface area contributed by atoms with Gasteiger partial charge in [-0.15, -0.1) is 0 Å². The molecule has 22 heavy (non-hydrogen) atoms. The largest absolute Gasteiger partial charge is 0.360 e. The molecule has 3 rings (SSSR count). The van der Waals surface area contributed by atoms with Crippen LogP contribution in [-0.2, 0) is 6.54 Å². The van der Waals surface area contributed by atoms with E-state index in [1.807, 2.05) is 24.3 Å². The predicted molar refractivity (Wildman–Crippen MR) is 84.4 cm³/mol. The van der Waals surface area contributed by atoms with Crippen molar-refractivity contribution in [3.05, 3.63) is 64.7 Å². The Labute approximate surface area is 133 Å². The van der Waals surface area contributed by atoms with Crippen molar-refractivity contribution in [1.82, 2.24) is 0 Å². The Bertz CT molecular complexity index is 635. The van der Waals surface area contributed by atoms with Gasteiger partial charge in [0.05, 0.1) is 31.7 Å². The highest BCUT2D eigenvalue weighted by Gasteiger charge is 2.22. The van der Waals surface area contributed by atoms with Gasteiger partial charge in [0.2, 0.25) is 0 Å². The van der Waals surface area contributed by atoms with E-state index >= 15 is 0 Å². The van der Waals surface area contributed by atoms with E-state index in [1.54, 1.807) is 0 Å². The number of nitrogens with zero attached hydrogens (tertiary/aromatic N) is 1. The quantitative estimate of drug-likeness (QED) is 0.912. The maximum absolute atomic E-state index is 13.7. The second-order valence-corrected chi connectivity index (χ2v) is 6.03. The van der Waals surface area contributed by atoms with E-state index in [0.717, 1.165) is 36.9 Å². The first-order chi connectivity index (χ1) is 10.6. The first-order valence-electron chi connectivity index (χ1n) is 7.40. The number of anilines is 1. The van der Waals surface area contributed by atoms with Gasteiger partial charge in [0.15, 0.2) is 0 Å². The van der Waals surface area contributed by atoms with Gasteiger partial charge in [-0.2, -0.15) is 0 Å². The minimum atomic E-state index is -0.454. The standard InChI is InChI=1S/C17H17ClF2N2/c18-13-3-1-4-14(11-13)22-9-7-21(8-10-22)12-15-16(19)5-2-6-17(15)20/h1-6,11H,7-10,12H2/p+1. The average molecular weight is 324 g/mol. The van der Waals surface area contributed by atoms with Crippen LogP contribution < -0.4 is 9.80 Å². The first kappa shape index (κ1) is 15.3. The normalized spacial score (nSPS) is 16.0. The van der Waals surface area contributed by atoms with E-state index in [1.165, 1.54) is 23.1 Å². The van der Waals surface area contributed by atoms with Gasteiger partial charge >= 0.3 is 0 Å². The Kier molecular flexibility index (Phi) is 4.60. The van der Waals surface area contributed by atoms with Crippen molar-refractivity contribution in [2.24, 2.45) is 0 Å². The van der Waals surface area contributed by atoms with Gasteiger partial charge < -0.3 is 9.80 Å². The number of quaternary nitrogens is 1. The maximum Gasteiger partial charge on any atom is 0.135 e. The van der Waals surface area contributed by atoms with Crippen LogP contribution >= 0.6 is 11.6 Å². The van der Waals surface area contributed by atoms with E-state index < -0.39 is 11.6 Å². The molecule has 0 bridgehead atoms. The lowest BCUT2D eigenvalue weighted by Gasteiger charge is -2.33. The Hall–Kier alpha value is -1.65. The van der Waals surface area contributed by atoms with Crippen LogP contribution in [0.5, 0.6) is 0 Å². The molecule has 0 spiro atoms. The number of hydrogen-bond donors (Lipinski definition) is 1. The zero-order valence-electron chi connectivity index (χ0n) is 12.2. The zero-order chi connectivity index (χ0) is 15.5. The molecule has 2 aromatic carbocycles. The molecular weight excluding hydrogens is 306 g/mol. The van der Waals surface area contributed by atoms with Gasteiger partial charge in [-0.25, -0.2) is 8.78 Å². The van der Waals surface area contributed by atoms with Gasteiger partial charge in [-0.3, -0.25) is 0 Å². The molecule has 0 aromatic heterocycles. The summed E-state index contributed by atoms with van der Waals surface area (Å²) in [6.07, 6.45) is 0. The van der Waals surface area contributed by atoms with Crippen LogP contribution in [0.4, 0.5) is 14.5 Å². The minimum absolute atomic E-state index is 0.189. The van der Waals surface area contributed by atoms with Gasteiger partial charge in [-0.05, 0) is 30.3 Å². The summed E-state index contributed by atoms with van der Waals surface area (Å²) in [5.74, 6) is -0.908. The van der Waals surface area contributed by atoms with Crippen LogP contribution in [0, 0.1) is 11.6 Å². The molecule has 1 aliphatic heterocycles. The second-order valence-electron chi connectivity index (χ2n) is 5.59. The Morgan fingerprint density at radius 1 is 1.00 bits per heavy atom. The molecule has 1 fully saturated rings. The number of halogens is 3. The highest BCUT2D eigenvalue weighted by Crippen LogP contribution is 2.19. The highest BCUT2D eigenvalue weighted by atomic mass is 35.5. The monoisotopic (exact) mass is 323 g/mol. The van der Waals surface area contributed by atoms with Crippen LogP contribution in [0.25, 0.3) is 0 Å². The van der Waals surface area contributed by atoms with Crippen molar-refractivity contribution in [3.63, 3.8) is 0 Å². The summed E-state index contributed by atoms with van der Waals surface area (Å²) in [6.45, 7) is 3.79. The van der Waals surface area contributed by atoms with Gasteiger partial charge in [0, 0.05) is 10.7 Å². The number of benzene rings is 2. The van der Waals surface area contributed by atoms with Crippen LogP contribution in [-0.4, -0.2) is 26.2 Å². The molecule has 0 unspecified atom stereocenters. The number of nitrogens with one attached hydrogen (secondary N) is 1. The molecule has 5 heteroatoms. The van der Waals surface area contributed by atoms with Crippen molar-refractivity contribution in [1.29, 1.82) is 0 Å². The SMILES string of the molecule is Fc1cccc(F)c1C[NH+]1CCN(c2cccc(Cl)c2)CC1. The number of hydrogen-bond acceptors (Lipinski definition) is 1. The molecule has 1 N–H and O–H groups in total. The highest BCUT2D eigenvalue weighted by molar-refractivity contribution is 6.30. The average Bonchev–Trinajstić information content (AvgIpc) is 2.52. The van der Waals surface area contributed by atoms with Crippen molar-refractivity contribution in [2.45, 2.75) is 6.54 Å². The molecule has 0 atom stereocenters. The van der Waals surface area contributed by atoms with E-state index in [-0.39, 0.29) is 5.56 Å². The molecular formula is C17H18ClF2N2+. The van der Waals surface area contributed by atoms with Gasteiger partial charge in [0.1, 0.15) is 18.2 Å². The molecule has 2 nitrogen and oxygen atoms in total. The van der Waals surface area contributed by atoms with Crippen molar-refractivity contribution < 1.29 is 13.7 Å². The fourth-order valence-electron chi connectivity index (χ4n) is 2.88. The van der Waals surface area contributed by atoms with E-state index in [9.17, 15) is 8.78 Å². The lowest BCUT2D eigenvalue weighted by atomic mass is 10.1. The maximum atomic E-state index is 13.7. The fraction of sp³-hybridized carbons (Fsp3) is 0.294. The summed E-state index contributed by atoms with van der Waals surface area (Å²) < 4.78 is 27.4. The second kappa shape index (κ2) is 6.63. The zero-order valence-corrected chi connectivity index (χ0v) is 12.9. The summed E-state index contributed by atoms with van der Waals surface area (Å²) in [5, 5.41) is 0.723. The van der Waals surface area contributed by atoms with Crippen molar-refractivity contribution >= 4 is 17.3 Å². The van der Waals surface area contributed by atoms with E-state index in [0.29, 0.717) is 6.54 Å². The van der Waals surface area contributed by atoms with Gasteiger partial charge in [0.25, 0.3) is 0 Å². The third kappa shape index (κ3) is 3.39. The van der Waals surface area contributed by atoms with Crippen LogP contribution in [0.1, 0.15) is 5.56 Å². The number of piperazine rings is 1. The molecule has 116 valence electrons. The van der Waals surface area contributed by atoms with Crippen LogP contribution in [0.15, 0.2) is 42.5 Å². The molecule has 1 saturated heterocycles. The molecule has 1 heterocycles. The minimum Gasteiger partial charge on any atom is -0.360 e. The van der Waals surface area contributed by atoms with E-state index in [2.05, 4.69) is 4.90 Å². The van der Waals surface area contributed by atoms with Crippen LogP contribution in [0.3, 0.4) is 0 Å². The van der Waals surface area contributed by atoms with Crippen molar-refractivity contribution in [3.8, 4) is 0 Å². The van der Waals surface area contributed by atoms with E-state index in [4.69, 9.17) is 11.6 Å².